The summed E-state index contributed by atoms with van der Waals surface area (Å²) in [6.45, 7) is 8.90. The number of allylic oxidation sites excluding steroid dienone is 2. The lowest BCUT2D eigenvalue weighted by molar-refractivity contribution is 0.560. The minimum absolute atomic E-state index is 0.135. The molecule has 0 aromatic carbocycles. The fourth-order valence-corrected chi connectivity index (χ4v) is 7.35. The highest BCUT2D eigenvalue weighted by molar-refractivity contribution is 7.66. The van der Waals surface area contributed by atoms with Crippen LogP contribution in [0.15, 0.2) is 18.0 Å². The summed E-state index contributed by atoms with van der Waals surface area (Å²) in [5.41, 5.74) is 8.78. The molecule has 6 nitrogen and oxygen atoms in total. The minimum Gasteiger partial charge on any atom is -0.368 e. The van der Waals surface area contributed by atoms with Crippen molar-refractivity contribution in [2.75, 3.05) is 5.73 Å². The first-order chi connectivity index (χ1) is 11.2. The van der Waals surface area contributed by atoms with E-state index in [2.05, 4.69) is 48.7 Å². The number of anilines is 1. The number of nitrogen functional groups attached to an aromatic ring is 1. The van der Waals surface area contributed by atoms with Gasteiger partial charge in [-0.15, -0.1) is 0 Å². The van der Waals surface area contributed by atoms with Crippen molar-refractivity contribution >= 4 is 35.9 Å². The maximum Gasteiger partial charge on any atom is 0.223 e. The minimum atomic E-state index is -2.21. The predicted octanol–water partition coefficient (Wildman–Crippen LogP) is 3.94. The number of nitrogens with two attached hydrogens (primary N) is 1. The van der Waals surface area contributed by atoms with Gasteiger partial charge in [0.15, 0.2) is 10.8 Å². The number of hydrogen-bond donors (Lipinski definition) is 1. The highest BCUT2D eigenvalue weighted by atomic mass is 35.5. The standard InChI is InChI=1S/C16H23ClN5OP/c1-9(2)24(23,10(3)4)12-7-11(12)5-6-22-8-19-13-14(17)20-16(18)21-15(13)22/h5,8-10,12H,6-7H2,1-4H3,(H2,18,20,21)/b11-5-. The third-order valence-corrected chi connectivity index (χ3v) is 9.77. The van der Waals surface area contributed by atoms with Crippen LogP contribution in [-0.4, -0.2) is 36.5 Å². The van der Waals surface area contributed by atoms with Gasteiger partial charge >= 0.3 is 0 Å². The first kappa shape index (κ1) is 17.4. The Balaban J connectivity index is 1.83. The van der Waals surface area contributed by atoms with E-state index < -0.39 is 7.14 Å². The molecular formula is C16H23ClN5OP. The van der Waals surface area contributed by atoms with Crippen molar-refractivity contribution in [1.29, 1.82) is 0 Å². The van der Waals surface area contributed by atoms with Crippen LogP contribution in [0.2, 0.25) is 5.15 Å². The van der Waals surface area contributed by atoms with E-state index in [-0.39, 0.29) is 28.1 Å². The lowest BCUT2D eigenvalue weighted by Crippen LogP contribution is -2.12. The summed E-state index contributed by atoms with van der Waals surface area (Å²) < 4.78 is 15.2. The Kier molecular flexibility index (Phi) is 4.47. The Bertz CT molecular complexity index is 846. The molecule has 2 heterocycles. The molecule has 8 heteroatoms. The number of halogens is 1. The SMILES string of the molecule is CC(C)P(=O)(C(C)C)C1C/C1=C/Cn1cnc2c(Cl)nc(N)nc21. The number of rotatable bonds is 5. The van der Waals surface area contributed by atoms with Gasteiger partial charge in [0.1, 0.15) is 5.52 Å². The molecule has 2 N–H and O–H groups in total. The van der Waals surface area contributed by atoms with E-state index in [0.29, 0.717) is 17.7 Å². The molecule has 0 aliphatic heterocycles. The summed E-state index contributed by atoms with van der Waals surface area (Å²) in [7, 11) is -2.21. The second kappa shape index (κ2) is 6.16. The van der Waals surface area contributed by atoms with Crippen LogP contribution in [0.4, 0.5) is 5.95 Å². The highest BCUT2D eigenvalue weighted by Gasteiger charge is 2.48. The normalized spacial score (nSPS) is 19.8. The molecule has 0 radical (unpaired) electrons. The fourth-order valence-electron chi connectivity index (χ4n) is 3.38. The van der Waals surface area contributed by atoms with Gasteiger partial charge < -0.3 is 14.9 Å². The first-order valence-corrected chi connectivity index (χ1v) is 10.5. The lowest BCUT2D eigenvalue weighted by atomic mass is 10.4. The Morgan fingerprint density at radius 1 is 1.38 bits per heavy atom. The monoisotopic (exact) mass is 367 g/mol. The van der Waals surface area contributed by atoms with Crippen LogP contribution in [0, 0.1) is 0 Å². The average Bonchev–Trinajstić information content (AvgIpc) is 3.17. The van der Waals surface area contributed by atoms with Gasteiger partial charge in [-0.2, -0.15) is 9.97 Å². The van der Waals surface area contributed by atoms with Crippen molar-refractivity contribution in [3.05, 3.63) is 23.1 Å². The molecule has 0 bridgehead atoms. The van der Waals surface area contributed by atoms with Gasteiger partial charge in [-0.3, -0.25) is 0 Å². The molecule has 1 atom stereocenters. The van der Waals surface area contributed by atoms with E-state index in [4.69, 9.17) is 17.3 Å². The molecule has 24 heavy (non-hydrogen) atoms. The van der Waals surface area contributed by atoms with E-state index in [0.717, 1.165) is 6.42 Å². The maximum atomic E-state index is 13.3. The van der Waals surface area contributed by atoms with Gasteiger partial charge in [-0.1, -0.05) is 50.9 Å². The van der Waals surface area contributed by atoms with E-state index >= 15 is 0 Å². The first-order valence-electron chi connectivity index (χ1n) is 8.17. The Morgan fingerprint density at radius 2 is 2.04 bits per heavy atom. The van der Waals surface area contributed by atoms with E-state index in [9.17, 15) is 4.57 Å². The Labute approximate surface area is 146 Å². The van der Waals surface area contributed by atoms with Crippen molar-refractivity contribution in [1.82, 2.24) is 19.5 Å². The van der Waals surface area contributed by atoms with E-state index in [1.807, 2.05) is 4.57 Å². The molecule has 1 saturated carbocycles. The molecule has 1 aliphatic carbocycles. The van der Waals surface area contributed by atoms with Crippen molar-refractivity contribution in [2.45, 2.75) is 57.6 Å². The molecular weight excluding hydrogens is 345 g/mol. The second-order valence-corrected chi connectivity index (χ2v) is 11.5. The maximum absolute atomic E-state index is 13.3. The van der Waals surface area contributed by atoms with Gasteiger partial charge in [-0.25, -0.2) is 4.98 Å². The topological polar surface area (TPSA) is 86.7 Å². The largest absolute Gasteiger partial charge is 0.368 e. The van der Waals surface area contributed by atoms with Crippen LogP contribution in [0.3, 0.4) is 0 Å². The smallest absolute Gasteiger partial charge is 0.223 e. The molecule has 2 aromatic rings. The number of hydrogen-bond acceptors (Lipinski definition) is 5. The van der Waals surface area contributed by atoms with Crippen LogP contribution >= 0.6 is 18.7 Å². The Hall–Kier alpha value is -1.39. The molecule has 3 rings (SSSR count). The summed E-state index contributed by atoms with van der Waals surface area (Å²) in [5, 5.41) is 0.261. The summed E-state index contributed by atoms with van der Waals surface area (Å²) in [4.78, 5) is 12.4. The number of fused-ring (bicyclic) bond motifs is 1. The molecule has 2 aromatic heterocycles. The zero-order valence-electron chi connectivity index (χ0n) is 14.4. The molecule has 1 aliphatic rings. The van der Waals surface area contributed by atoms with E-state index in [1.54, 1.807) is 6.33 Å². The molecule has 1 unspecified atom stereocenters. The van der Waals surface area contributed by atoms with Gasteiger partial charge in [0.05, 0.1) is 13.5 Å². The third-order valence-electron chi connectivity index (χ3n) is 4.79. The molecule has 0 spiro atoms. The second-order valence-electron chi connectivity index (χ2n) is 6.89. The summed E-state index contributed by atoms with van der Waals surface area (Å²) in [5.74, 6) is 0.135. The van der Waals surface area contributed by atoms with Crippen molar-refractivity contribution < 1.29 is 4.57 Å². The van der Waals surface area contributed by atoms with Gasteiger partial charge in [-0.05, 0) is 6.42 Å². The highest BCUT2D eigenvalue weighted by Crippen LogP contribution is 2.69. The van der Waals surface area contributed by atoms with Crippen LogP contribution in [0.1, 0.15) is 34.1 Å². The number of nitrogens with zero attached hydrogens (tertiary/aromatic N) is 4. The summed E-state index contributed by atoms with van der Waals surface area (Å²) in [6.07, 6.45) is 4.75. The average molecular weight is 368 g/mol. The van der Waals surface area contributed by atoms with Crippen LogP contribution in [0.5, 0.6) is 0 Å². The van der Waals surface area contributed by atoms with Crippen LogP contribution in [0.25, 0.3) is 11.2 Å². The predicted molar refractivity (Wildman–Crippen MR) is 99.1 cm³/mol. The van der Waals surface area contributed by atoms with Gasteiger partial charge in [0.25, 0.3) is 0 Å². The quantitative estimate of drug-likeness (QED) is 0.491. The van der Waals surface area contributed by atoms with Gasteiger partial charge in [0.2, 0.25) is 5.95 Å². The molecule has 1 fully saturated rings. The molecule has 0 saturated heterocycles. The lowest BCUT2D eigenvalue weighted by Gasteiger charge is -2.25. The van der Waals surface area contributed by atoms with Gasteiger partial charge in [0, 0.05) is 23.5 Å². The summed E-state index contributed by atoms with van der Waals surface area (Å²) >= 11 is 6.04. The van der Waals surface area contributed by atoms with E-state index in [1.165, 1.54) is 5.57 Å². The van der Waals surface area contributed by atoms with Crippen LogP contribution < -0.4 is 5.73 Å². The number of imidazole rings is 1. The molecule has 0 amide bonds. The van der Waals surface area contributed by atoms with Crippen molar-refractivity contribution in [3.8, 4) is 0 Å². The van der Waals surface area contributed by atoms with Crippen molar-refractivity contribution in [3.63, 3.8) is 0 Å². The Morgan fingerprint density at radius 3 is 2.67 bits per heavy atom. The summed E-state index contributed by atoms with van der Waals surface area (Å²) in [6, 6.07) is 0. The molecule has 130 valence electrons. The van der Waals surface area contributed by atoms with Crippen molar-refractivity contribution in [2.24, 2.45) is 0 Å². The zero-order valence-corrected chi connectivity index (χ0v) is 16.1. The van der Waals surface area contributed by atoms with Crippen LogP contribution in [-0.2, 0) is 11.1 Å². The zero-order chi connectivity index (χ0) is 17.6. The number of aromatic nitrogens is 4. The third kappa shape index (κ3) is 2.86. The fraction of sp³-hybridized carbons (Fsp3) is 0.562.